The second-order valence-corrected chi connectivity index (χ2v) is 5.86. The Kier molecular flexibility index (Phi) is 5.06. The third-order valence-electron chi connectivity index (χ3n) is 2.99. The molecular weight excluding hydrogens is 296 g/mol. The van der Waals surface area contributed by atoms with Crippen molar-refractivity contribution in [1.82, 2.24) is 9.88 Å². The summed E-state index contributed by atoms with van der Waals surface area (Å²) in [4.78, 5) is 25.4. The molecule has 0 atom stereocenters. The van der Waals surface area contributed by atoms with Crippen molar-refractivity contribution in [3.8, 4) is 0 Å². The van der Waals surface area contributed by atoms with Gasteiger partial charge in [-0.25, -0.2) is 9.98 Å². The van der Waals surface area contributed by atoms with E-state index in [1.807, 2.05) is 44.4 Å². The van der Waals surface area contributed by atoms with Gasteiger partial charge in [0.05, 0.1) is 28.0 Å². The lowest BCUT2D eigenvalue weighted by molar-refractivity contribution is 0.112. The predicted molar refractivity (Wildman–Crippen MR) is 94.6 cm³/mol. The summed E-state index contributed by atoms with van der Waals surface area (Å²) in [7, 11) is 5.78. The molecule has 2 aromatic rings. The molecule has 2 aromatic heterocycles. The number of aldehydes is 1. The number of anilines is 1. The number of fused-ring (bicyclic) bond motifs is 1. The fourth-order valence-electron chi connectivity index (χ4n) is 1.97. The number of carbonyl (C=O) groups excluding carboxylic acids is 1. The van der Waals surface area contributed by atoms with Gasteiger partial charge in [0.25, 0.3) is 0 Å². The van der Waals surface area contributed by atoms with Crippen LogP contribution in [0.3, 0.4) is 0 Å². The minimum Gasteiger partial charge on any atom is -0.377 e. The molecule has 5 nitrogen and oxygen atoms in total. The molecule has 0 aliphatic heterocycles. The van der Waals surface area contributed by atoms with Crippen LogP contribution in [-0.2, 0) is 0 Å². The predicted octanol–water partition coefficient (Wildman–Crippen LogP) is 3.47. The summed E-state index contributed by atoms with van der Waals surface area (Å²) in [5.41, 5.74) is 1.65. The highest BCUT2D eigenvalue weighted by atomic mass is 32.1. The zero-order chi connectivity index (χ0) is 16.1. The van der Waals surface area contributed by atoms with Gasteiger partial charge in [-0.15, -0.1) is 11.3 Å². The smallest absolute Gasteiger partial charge is 0.162 e. The molecule has 0 unspecified atom stereocenters. The number of allylic oxidation sites excluding steroid dienone is 2. The summed E-state index contributed by atoms with van der Waals surface area (Å²) in [5, 5.41) is 0.900. The monoisotopic (exact) mass is 314 g/mol. The first kappa shape index (κ1) is 15.9. The number of nitrogens with zero attached hydrogens (tertiary/aromatic N) is 4. The third kappa shape index (κ3) is 3.23. The second-order valence-electron chi connectivity index (χ2n) is 4.82. The van der Waals surface area contributed by atoms with Gasteiger partial charge in [-0.2, -0.15) is 0 Å². The van der Waals surface area contributed by atoms with E-state index in [2.05, 4.69) is 16.6 Å². The van der Waals surface area contributed by atoms with Gasteiger partial charge >= 0.3 is 0 Å². The molecule has 6 heteroatoms. The first-order valence-electron chi connectivity index (χ1n) is 6.67. The Labute approximate surface area is 133 Å². The highest BCUT2D eigenvalue weighted by molar-refractivity contribution is 7.21. The number of pyridine rings is 1. The van der Waals surface area contributed by atoms with Crippen molar-refractivity contribution >= 4 is 45.6 Å². The van der Waals surface area contributed by atoms with Crippen LogP contribution in [-0.4, -0.2) is 43.7 Å². The average molecular weight is 314 g/mol. The Balaban J connectivity index is 2.55. The van der Waals surface area contributed by atoms with Crippen molar-refractivity contribution in [1.29, 1.82) is 0 Å². The summed E-state index contributed by atoms with van der Waals surface area (Å²) in [6, 6.07) is 1.92. The molecule has 0 fully saturated rings. The maximum atomic E-state index is 11.3. The van der Waals surface area contributed by atoms with Crippen LogP contribution < -0.4 is 4.90 Å². The number of aromatic nitrogens is 1. The van der Waals surface area contributed by atoms with E-state index in [1.165, 1.54) is 11.3 Å². The first-order chi connectivity index (χ1) is 10.6. The summed E-state index contributed by atoms with van der Waals surface area (Å²) >= 11 is 1.35. The average Bonchev–Trinajstić information content (AvgIpc) is 2.88. The summed E-state index contributed by atoms with van der Waals surface area (Å²) in [6.07, 6.45) is 9.57. The minimum atomic E-state index is 0.578. The zero-order valence-corrected chi connectivity index (χ0v) is 13.7. The van der Waals surface area contributed by atoms with Crippen LogP contribution >= 0.6 is 11.3 Å². The van der Waals surface area contributed by atoms with Gasteiger partial charge in [0, 0.05) is 33.5 Å². The van der Waals surface area contributed by atoms with Gasteiger partial charge in [0.1, 0.15) is 4.83 Å². The molecule has 0 amide bonds. The van der Waals surface area contributed by atoms with Crippen LogP contribution in [0.1, 0.15) is 9.67 Å². The van der Waals surface area contributed by atoms with Gasteiger partial charge in [-0.1, -0.05) is 12.7 Å². The van der Waals surface area contributed by atoms with Crippen molar-refractivity contribution in [2.45, 2.75) is 0 Å². The molecule has 22 heavy (non-hydrogen) atoms. The number of hydrogen-bond donors (Lipinski definition) is 0. The quantitative estimate of drug-likeness (QED) is 0.354. The Hall–Kier alpha value is -2.47. The molecule has 0 aliphatic rings. The molecule has 0 radical (unpaired) electrons. The van der Waals surface area contributed by atoms with E-state index >= 15 is 0 Å². The van der Waals surface area contributed by atoms with Crippen LogP contribution in [0.4, 0.5) is 11.4 Å². The molecule has 0 bridgehead atoms. The number of carbonyl (C=O) groups is 1. The van der Waals surface area contributed by atoms with E-state index in [0.717, 1.165) is 22.2 Å². The molecule has 114 valence electrons. The lowest BCUT2D eigenvalue weighted by atomic mass is 10.2. The van der Waals surface area contributed by atoms with Crippen LogP contribution in [0.25, 0.3) is 10.2 Å². The van der Waals surface area contributed by atoms with Crippen molar-refractivity contribution in [2.24, 2.45) is 4.99 Å². The number of rotatable bonds is 6. The van der Waals surface area contributed by atoms with Crippen molar-refractivity contribution in [2.75, 3.05) is 26.0 Å². The Morgan fingerprint density at radius 2 is 2.14 bits per heavy atom. The molecular formula is C16H18N4OS. The fraction of sp³-hybridized carbons (Fsp3) is 0.188. The normalized spacial score (nSPS) is 11.4. The standard InChI is InChI=1S/C16H18N4OS/c1-5-6-9-20(4)11-18-15-13(10-21)22-16-14(15)12(19(2)3)7-8-17-16/h5-11H,1H2,2-4H3/b9-6+,18-11?. The van der Waals surface area contributed by atoms with E-state index in [0.29, 0.717) is 10.6 Å². The third-order valence-corrected chi connectivity index (χ3v) is 4.00. The molecule has 2 rings (SSSR count). The van der Waals surface area contributed by atoms with Crippen molar-refractivity contribution < 1.29 is 4.79 Å². The summed E-state index contributed by atoms with van der Waals surface area (Å²) in [5.74, 6) is 0. The molecule has 0 saturated carbocycles. The summed E-state index contributed by atoms with van der Waals surface area (Å²) in [6.45, 7) is 3.63. The van der Waals surface area contributed by atoms with Crippen LogP contribution in [0.15, 0.2) is 42.2 Å². The van der Waals surface area contributed by atoms with Gasteiger partial charge < -0.3 is 9.80 Å². The van der Waals surface area contributed by atoms with E-state index in [-0.39, 0.29) is 0 Å². The molecule has 0 saturated heterocycles. The largest absolute Gasteiger partial charge is 0.377 e. The van der Waals surface area contributed by atoms with Crippen molar-refractivity contribution in [3.63, 3.8) is 0 Å². The molecule has 0 spiro atoms. The Bertz CT molecular complexity index is 746. The van der Waals surface area contributed by atoms with Crippen molar-refractivity contribution in [3.05, 3.63) is 42.1 Å². The van der Waals surface area contributed by atoms with E-state index in [9.17, 15) is 4.79 Å². The van der Waals surface area contributed by atoms with Crippen LogP contribution in [0.5, 0.6) is 0 Å². The topological polar surface area (TPSA) is 48.8 Å². The molecule has 0 aliphatic carbocycles. The summed E-state index contributed by atoms with van der Waals surface area (Å²) < 4.78 is 0. The van der Waals surface area contributed by atoms with E-state index in [1.54, 1.807) is 23.5 Å². The van der Waals surface area contributed by atoms with Gasteiger partial charge in [0.15, 0.2) is 6.29 Å². The number of aliphatic imine (C=N–C) groups is 1. The molecule has 2 heterocycles. The van der Waals surface area contributed by atoms with Gasteiger partial charge in [-0.05, 0) is 12.1 Å². The lowest BCUT2D eigenvalue weighted by Crippen LogP contribution is -2.09. The Morgan fingerprint density at radius 3 is 2.77 bits per heavy atom. The molecule has 0 N–H and O–H groups in total. The highest BCUT2D eigenvalue weighted by Gasteiger charge is 2.16. The number of hydrogen-bond acceptors (Lipinski definition) is 5. The van der Waals surface area contributed by atoms with Crippen LogP contribution in [0.2, 0.25) is 0 Å². The fourth-order valence-corrected chi connectivity index (χ4v) is 2.90. The van der Waals surface area contributed by atoms with E-state index < -0.39 is 0 Å². The Morgan fingerprint density at radius 1 is 1.36 bits per heavy atom. The van der Waals surface area contributed by atoms with E-state index in [4.69, 9.17) is 0 Å². The van der Waals surface area contributed by atoms with Gasteiger partial charge in [0.2, 0.25) is 0 Å². The minimum absolute atomic E-state index is 0.578. The maximum Gasteiger partial charge on any atom is 0.162 e. The second kappa shape index (κ2) is 7.00. The zero-order valence-electron chi connectivity index (χ0n) is 12.9. The van der Waals surface area contributed by atoms with Crippen LogP contribution in [0, 0.1) is 0 Å². The highest BCUT2D eigenvalue weighted by Crippen LogP contribution is 2.40. The SMILES string of the molecule is C=C/C=C/N(C)C=Nc1c(C=O)sc2nccc(N(C)C)c12. The maximum absolute atomic E-state index is 11.3. The van der Waals surface area contributed by atoms with Gasteiger partial charge in [-0.3, -0.25) is 4.79 Å². The number of thiophene rings is 1. The molecule has 0 aromatic carbocycles. The lowest BCUT2D eigenvalue weighted by Gasteiger charge is -2.13. The first-order valence-corrected chi connectivity index (χ1v) is 7.49.